The number of hydrogen-bond acceptors (Lipinski definition) is 6. The molecule has 0 bridgehead atoms. The fourth-order valence-corrected chi connectivity index (χ4v) is 2.51. The van der Waals surface area contributed by atoms with E-state index in [0.29, 0.717) is 15.8 Å². The van der Waals surface area contributed by atoms with Crippen LogP contribution in [0.4, 0.5) is 10.1 Å². The first kappa shape index (κ1) is 24.0. The molecule has 0 radical (unpaired) electrons. The van der Waals surface area contributed by atoms with Gasteiger partial charge in [-0.2, -0.15) is 5.10 Å². The van der Waals surface area contributed by atoms with Crippen molar-refractivity contribution in [2.24, 2.45) is 5.10 Å². The molecule has 2 rings (SSSR count). The van der Waals surface area contributed by atoms with Crippen LogP contribution >= 0.6 is 15.9 Å². The number of halogens is 2. The van der Waals surface area contributed by atoms with Crippen LogP contribution in [-0.4, -0.2) is 50.8 Å². The lowest BCUT2D eigenvalue weighted by Crippen LogP contribution is -2.39. The highest BCUT2D eigenvalue weighted by Crippen LogP contribution is 2.19. The molecule has 0 spiro atoms. The first-order valence-corrected chi connectivity index (χ1v) is 9.76. The number of anilines is 1. The number of ether oxygens (including phenoxy) is 2. The molecule has 0 unspecified atom stereocenters. The maximum Gasteiger partial charge on any atom is 0.329 e. The van der Waals surface area contributed by atoms with Gasteiger partial charge in [0.1, 0.15) is 11.6 Å². The predicted molar refractivity (Wildman–Crippen MR) is 115 cm³/mol. The van der Waals surface area contributed by atoms with Crippen LogP contribution < -0.4 is 20.8 Å². The maximum absolute atomic E-state index is 13.8. The number of benzene rings is 2. The van der Waals surface area contributed by atoms with Gasteiger partial charge in [0.2, 0.25) is 0 Å². The summed E-state index contributed by atoms with van der Waals surface area (Å²) in [7, 11) is 1.48. The second kappa shape index (κ2) is 12.4. The van der Waals surface area contributed by atoms with Gasteiger partial charge in [0, 0.05) is 18.1 Å². The molecule has 0 aliphatic rings. The number of hydrogen-bond donors (Lipinski definition) is 3. The molecule has 0 aliphatic heterocycles. The Morgan fingerprint density at radius 2 is 1.97 bits per heavy atom. The van der Waals surface area contributed by atoms with E-state index < -0.39 is 23.5 Å². The van der Waals surface area contributed by atoms with Crippen LogP contribution in [0.15, 0.2) is 52.0 Å². The summed E-state index contributed by atoms with van der Waals surface area (Å²) in [6.45, 7) is 0.146. The highest BCUT2D eigenvalue weighted by molar-refractivity contribution is 9.10. The monoisotopic (exact) mass is 494 g/mol. The molecule has 9 nitrogen and oxygen atoms in total. The van der Waals surface area contributed by atoms with Crippen LogP contribution in [0.25, 0.3) is 0 Å². The van der Waals surface area contributed by atoms with Crippen molar-refractivity contribution in [2.75, 3.05) is 32.2 Å². The first-order valence-electron chi connectivity index (χ1n) is 8.97. The first-order chi connectivity index (χ1) is 14.9. The molecule has 164 valence electrons. The minimum atomic E-state index is -0.920. The third kappa shape index (κ3) is 8.52. The molecule has 3 amide bonds. The lowest BCUT2D eigenvalue weighted by molar-refractivity contribution is -0.139. The third-order valence-corrected chi connectivity index (χ3v) is 4.10. The van der Waals surface area contributed by atoms with Crippen LogP contribution in [-0.2, 0) is 19.1 Å². The summed E-state index contributed by atoms with van der Waals surface area (Å²) in [6, 6.07) is 10.8. The van der Waals surface area contributed by atoms with Crippen LogP contribution in [0.3, 0.4) is 0 Å². The lowest BCUT2D eigenvalue weighted by Gasteiger charge is -2.09. The molecular formula is C20H20BrFN4O5. The number of nitrogens with one attached hydrogen (secondary N) is 3. The normalized spacial score (nSPS) is 10.5. The summed E-state index contributed by atoms with van der Waals surface area (Å²) in [5.41, 5.74) is 2.69. The molecule has 0 atom stereocenters. The zero-order valence-corrected chi connectivity index (χ0v) is 18.1. The van der Waals surface area contributed by atoms with E-state index in [4.69, 9.17) is 9.47 Å². The molecular weight excluding hydrogens is 475 g/mol. The van der Waals surface area contributed by atoms with Crippen LogP contribution in [0.2, 0.25) is 0 Å². The van der Waals surface area contributed by atoms with E-state index in [2.05, 4.69) is 37.1 Å². The number of carbonyl (C=O) groups is 3. The molecule has 0 saturated carbocycles. The quantitative estimate of drug-likeness (QED) is 0.212. The number of methoxy groups -OCH3 is 1. The second-order valence-corrected chi connectivity index (χ2v) is 6.90. The minimum absolute atomic E-state index is 0.0414. The standard InChI is InChI=1S/C20H20BrFN4O5/c1-30-8-7-23-19(28)20(29)26-24-11-13-3-2-4-15(9-13)31-12-18(27)25-17-6-5-14(21)10-16(17)22/h2-6,9-11H,7-8,12H2,1H3,(H,23,28)(H,25,27)(H,26,29)/b24-11-. The summed E-state index contributed by atoms with van der Waals surface area (Å²) in [5, 5.41) is 8.48. The average Bonchev–Trinajstić information content (AvgIpc) is 2.74. The van der Waals surface area contributed by atoms with Crippen molar-refractivity contribution in [3.05, 3.63) is 58.3 Å². The molecule has 31 heavy (non-hydrogen) atoms. The Morgan fingerprint density at radius 3 is 2.71 bits per heavy atom. The number of amides is 3. The summed E-state index contributed by atoms with van der Waals surface area (Å²) in [5.74, 6) is -2.50. The Labute approximate surface area is 186 Å². The maximum atomic E-state index is 13.8. The number of hydrazone groups is 1. The molecule has 0 saturated heterocycles. The average molecular weight is 495 g/mol. The minimum Gasteiger partial charge on any atom is -0.484 e. The van der Waals surface area contributed by atoms with Crippen LogP contribution in [0, 0.1) is 5.82 Å². The van der Waals surface area contributed by atoms with E-state index >= 15 is 0 Å². The fourth-order valence-electron chi connectivity index (χ4n) is 2.17. The van der Waals surface area contributed by atoms with Crippen molar-refractivity contribution in [1.29, 1.82) is 0 Å². The Morgan fingerprint density at radius 1 is 1.16 bits per heavy atom. The Bertz CT molecular complexity index is 970. The van der Waals surface area contributed by atoms with Gasteiger partial charge in [-0.25, -0.2) is 9.82 Å². The van der Waals surface area contributed by atoms with E-state index in [1.165, 1.54) is 25.5 Å². The Balaban J connectivity index is 1.83. The van der Waals surface area contributed by atoms with E-state index in [0.717, 1.165) is 0 Å². The SMILES string of the molecule is COCCNC(=O)C(=O)N/N=C\c1cccc(OCC(=O)Nc2ccc(Br)cc2F)c1. The summed E-state index contributed by atoms with van der Waals surface area (Å²) >= 11 is 3.14. The smallest absolute Gasteiger partial charge is 0.329 e. The third-order valence-electron chi connectivity index (χ3n) is 3.61. The van der Waals surface area contributed by atoms with Gasteiger partial charge in [0.05, 0.1) is 18.5 Å². The number of carbonyl (C=O) groups excluding carboxylic acids is 3. The number of rotatable bonds is 9. The molecule has 0 aromatic heterocycles. The number of nitrogens with zero attached hydrogens (tertiary/aromatic N) is 1. The largest absolute Gasteiger partial charge is 0.484 e. The summed E-state index contributed by atoms with van der Waals surface area (Å²) in [4.78, 5) is 35.1. The van der Waals surface area contributed by atoms with Crippen molar-refractivity contribution in [2.45, 2.75) is 0 Å². The van der Waals surface area contributed by atoms with E-state index in [9.17, 15) is 18.8 Å². The van der Waals surface area contributed by atoms with Gasteiger partial charge in [-0.1, -0.05) is 28.1 Å². The van der Waals surface area contributed by atoms with Gasteiger partial charge in [-0.3, -0.25) is 14.4 Å². The highest BCUT2D eigenvalue weighted by Gasteiger charge is 2.11. The zero-order chi connectivity index (χ0) is 22.6. The van der Waals surface area contributed by atoms with Gasteiger partial charge < -0.3 is 20.1 Å². The molecule has 2 aromatic carbocycles. The second-order valence-electron chi connectivity index (χ2n) is 5.98. The summed E-state index contributed by atoms with van der Waals surface area (Å²) in [6.07, 6.45) is 1.31. The van der Waals surface area contributed by atoms with Crippen molar-refractivity contribution in [1.82, 2.24) is 10.7 Å². The van der Waals surface area contributed by atoms with Crippen molar-refractivity contribution >= 4 is 45.6 Å². The van der Waals surface area contributed by atoms with Gasteiger partial charge in [0.15, 0.2) is 6.61 Å². The van der Waals surface area contributed by atoms with Crippen molar-refractivity contribution in [3.8, 4) is 5.75 Å². The van der Waals surface area contributed by atoms with E-state index in [-0.39, 0.29) is 25.4 Å². The van der Waals surface area contributed by atoms with E-state index in [1.807, 2.05) is 0 Å². The fraction of sp³-hybridized carbons (Fsp3) is 0.200. The Hall–Kier alpha value is -3.31. The zero-order valence-electron chi connectivity index (χ0n) is 16.5. The molecule has 0 fully saturated rings. The molecule has 2 aromatic rings. The van der Waals surface area contributed by atoms with Crippen molar-refractivity contribution in [3.63, 3.8) is 0 Å². The van der Waals surface area contributed by atoms with Crippen molar-refractivity contribution < 1.29 is 28.2 Å². The highest BCUT2D eigenvalue weighted by atomic mass is 79.9. The van der Waals surface area contributed by atoms with E-state index in [1.54, 1.807) is 30.3 Å². The predicted octanol–water partition coefficient (Wildman–Crippen LogP) is 1.82. The summed E-state index contributed by atoms with van der Waals surface area (Å²) < 4.78 is 24.5. The van der Waals surface area contributed by atoms with Gasteiger partial charge >= 0.3 is 11.8 Å². The molecule has 0 heterocycles. The van der Waals surface area contributed by atoms with Gasteiger partial charge in [-0.15, -0.1) is 0 Å². The van der Waals surface area contributed by atoms with Crippen LogP contribution in [0.1, 0.15) is 5.56 Å². The van der Waals surface area contributed by atoms with Gasteiger partial charge in [0.25, 0.3) is 5.91 Å². The molecule has 0 aliphatic carbocycles. The molecule has 11 heteroatoms. The lowest BCUT2D eigenvalue weighted by atomic mass is 10.2. The van der Waals surface area contributed by atoms with Gasteiger partial charge in [-0.05, 0) is 35.9 Å². The Kier molecular flexibility index (Phi) is 9.59. The topological polar surface area (TPSA) is 118 Å². The molecule has 3 N–H and O–H groups in total. The van der Waals surface area contributed by atoms with Crippen LogP contribution in [0.5, 0.6) is 5.75 Å².